The fraction of sp³-hybridized carbons (Fsp3) is 0.703. The number of nitrogens with zero attached hydrogens (tertiary/aromatic N) is 4. The van der Waals surface area contributed by atoms with E-state index in [0.29, 0.717) is 43.9 Å². The van der Waals surface area contributed by atoms with Crippen LogP contribution in [0.2, 0.25) is 0 Å². The van der Waals surface area contributed by atoms with Gasteiger partial charge in [0, 0.05) is 105 Å². The summed E-state index contributed by atoms with van der Waals surface area (Å²) in [4.78, 5) is 96.0. The molecule has 2 unspecified atom stereocenters. The lowest BCUT2D eigenvalue weighted by atomic mass is 9.92. The first-order chi connectivity index (χ1) is 38.7. The van der Waals surface area contributed by atoms with Crippen LogP contribution in [0.25, 0.3) is 0 Å². The highest BCUT2D eigenvalue weighted by Gasteiger charge is 2.46. The highest BCUT2D eigenvalue weighted by molar-refractivity contribution is 6.03. The average Bonchev–Trinajstić information content (AvgIpc) is 2.59. The number of hydrogen-bond donors (Lipinski definition) is 2. The van der Waals surface area contributed by atoms with E-state index in [2.05, 4.69) is 29.0 Å². The van der Waals surface area contributed by atoms with Gasteiger partial charge in [0.15, 0.2) is 11.8 Å². The third kappa shape index (κ3) is 22.9. The molecule has 4 aliphatic rings. The number of nitrogen functional groups attached to an aromatic ring is 1. The zero-order valence-electron chi connectivity index (χ0n) is 54.5. The summed E-state index contributed by atoms with van der Waals surface area (Å²) < 4.78 is 60.8. The second kappa shape index (κ2) is 27.7. The summed E-state index contributed by atoms with van der Waals surface area (Å²) in [6.45, 7) is 41.9. The van der Waals surface area contributed by atoms with Crippen LogP contribution in [0.4, 0.5) is 29.7 Å². The standard InChI is InChI=1S/C32H50FN3O6.C17H24FNO4.C15H26N2O3/c1-29(2,3)40-26(37)25(27(38)41-30(4,5)6)23-19-21(33)11-12-24(23)34-22-13-16-36(17-14-22)32(10)15-18-35(20-32)28(39)42-31(7,8)9;1-16(2,3)22-14(20)13(15(21)23-17(4,5)6)11-9-10(18)7-8-12(11)19;1-14(2,3)20-13(19)16-10-7-15(4,11-16)17-8-5-12(18)6-9-17/h11-12,19,22,25,34H,13-18,20H2,1-10H3;7-9,13H,19H2,1-6H3;5-11H2,1-4H3. The van der Waals surface area contributed by atoms with Gasteiger partial charge >= 0.3 is 36.1 Å². The molecule has 4 saturated heterocycles. The minimum atomic E-state index is -1.45. The van der Waals surface area contributed by atoms with Gasteiger partial charge in [0.2, 0.25) is 0 Å². The number of likely N-dealkylation sites (tertiary alicyclic amines) is 4. The summed E-state index contributed by atoms with van der Waals surface area (Å²) in [6, 6.07) is 7.62. The van der Waals surface area contributed by atoms with Gasteiger partial charge in [-0.2, -0.15) is 0 Å². The van der Waals surface area contributed by atoms with E-state index < -0.39 is 81.0 Å². The number of rotatable bonds is 10. The quantitative estimate of drug-likeness (QED) is 0.0976. The molecule has 0 aliphatic carbocycles. The molecule has 4 heterocycles. The summed E-state index contributed by atoms with van der Waals surface area (Å²) in [5.41, 5.74) is 2.20. The number of hydrogen-bond acceptors (Lipinski definition) is 17. The molecule has 21 heteroatoms. The van der Waals surface area contributed by atoms with E-state index in [1.165, 1.54) is 18.2 Å². The van der Waals surface area contributed by atoms with Crippen molar-refractivity contribution < 1.29 is 70.8 Å². The van der Waals surface area contributed by atoms with Crippen LogP contribution in [0.5, 0.6) is 0 Å². The van der Waals surface area contributed by atoms with Gasteiger partial charge in [-0.05, 0) is 201 Å². The largest absolute Gasteiger partial charge is 0.459 e. The Labute approximate surface area is 504 Å². The second-order valence-corrected chi connectivity index (χ2v) is 29.2. The topological polar surface area (TPSA) is 226 Å². The molecule has 2 aromatic carbocycles. The molecule has 85 heavy (non-hydrogen) atoms. The molecule has 0 saturated carbocycles. The molecular formula is C64H100F2N6O13. The zero-order chi connectivity index (χ0) is 64.6. The first-order valence-electron chi connectivity index (χ1n) is 29.7. The number of ketones is 1. The van der Waals surface area contributed by atoms with Crippen LogP contribution in [0.1, 0.15) is 200 Å². The van der Waals surface area contributed by atoms with Crippen LogP contribution >= 0.6 is 0 Å². The number of nitrogens with two attached hydrogens (primary N) is 1. The maximum absolute atomic E-state index is 14.6. The Kier molecular flexibility index (Phi) is 23.3. The van der Waals surface area contributed by atoms with Crippen molar-refractivity contribution in [1.82, 2.24) is 19.6 Å². The lowest BCUT2D eigenvalue weighted by molar-refractivity contribution is -0.171. The number of esters is 4. The highest BCUT2D eigenvalue weighted by Crippen LogP contribution is 2.36. The van der Waals surface area contributed by atoms with Crippen LogP contribution < -0.4 is 11.1 Å². The molecule has 2 aromatic rings. The fourth-order valence-electron chi connectivity index (χ4n) is 10.3. The number of ether oxygens (including phenoxy) is 6. The van der Waals surface area contributed by atoms with Crippen LogP contribution in [-0.2, 0) is 52.4 Å². The summed E-state index contributed by atoms with van der Waals surface area (Å²) in [5, 5.41) is 3.48. The molecule has 19 nitrogen and oxygen atoms in total. The van der Waals surface area contributed by atoms with Gasteiger partial charge in [0.05, 0.1) is 0 Å². The number of benzene rings is 2. The summed E-state index contributed by atoms with van der Waals surface area (Å²) >= 11 is 0. The molecule has 0 bridgehead atoms. The van der Waals surface area contributed by atoms with E-state index in [9.17, 15) is 42.3 Å². The zero-order valence-corrected chi connectivity index (χ0v) is 54.5. The Bertz CT molecular complexity index is 2620. The molecule has 0 radical (unpaired) electrons. The smallest absolute Gasteiger partial charge is 0.410 e. The minimum absolute atomic E-state index is 0.0163. The summed E-state index contributed by atoms with van der Waals surface area (Å²) in [6.07, 6.45) is 4.17. The maximum atomic E-state index is 14.6. The number of carbonyl (C=O) groups is 7. The van der Waals surface area contributed by atoms with Gasteiger partial charge in [-0.25, -0.2) is 18.4 Å². The molecule has 4 aliphatic heterocycles. The number of anilines is 2. The van der Waals surface area contributed by atoms with Crippen molar-refractivity contribution in [1.29, 1.82) is 0 Å². The summed E-state index contributed by atoms with van der Waals surface area (Å²) in [5.74, 6) is -6.94. The predicted octanol–water partition coefficient (Wildman–Crippen LogP) is 11.1. The molecule has 0 aromatic heterocycles. The second-order valence-electron chi connectivity index (χ2n) is 29.2. The van der Waals surface area contributed by atoms with Crippen molar-refractivity contribution in [3.63, 3.8) is 0 Å². The van der Waals surface area contributed by atoms with Crippen LogP contribution in [-0.4, -0.2) is 165 Å². The van der Waals surface area contributed by atoms with Gasteiger partial charge in [-0.1, -0.05) is 0 Å². The van der Waals surface area contributed by atoms with Crippen molar-refractivity contribution in [2.75, 3.05) is 63.4 Å². The van der Waals surface area contributed by atoms with Crippen molar-refractivity contribution >= 4 is 53.2 Å². The van der Waals surface area contributed by atoms with E-state index >= 15 is 0 Å². The Morgan fingerprint density at radius 3 is 1.20 bits per heavy atom. The normalized spacial score (nSPS) is 20.4. The molecule has 478 valence electrons. The molecule has 2 atom stereocenters. The predicted molar refractivity (Wildman–Crippen MR) is 322 cm³/mol. The molecule has 0 spiro atoms. The number of piperidine rings is 2. The molecule has 2 amide bonds. The molecule has 4 fully saturated rings. The summed E-state index contributed by atoms with van der Waals surface area (Å²) in [7, 11) is 0. The van der Waals surface area contributed by atoms with E-state index in [1.807, 2.05) is 41.5 Å². The van der Waals surface area contributed by atoms with Gasteiger partial charge in [0.25, 0.3) is 0 Å². The molecular weight excluding hydrogens is 1100 g/mol. The monoisotopic (exact) mass is 1200 g/mol. The van der Waals surface area contributed by atoms with E-state index in [-0.39, 0.29) is 46.1 Å². The molecule has 6 rings (SSSR count). The van der Waals surface area contributed by atoms with Crippen molar-refractivity contribution in [2.24, 2.45) is 0 Å². The van der Waals surface area contributed by atoms with Gasteiger partial charge < -0.3 is 49.3 Å². The Hall–Kier alpha value is -6.09. The van der Waals surface area contributed by atoms with Gasteiger partial charge in [-0.3, -0.25) is 33.8 Å². The lowest BCUT2D eigenvalue weighted by Gasteiger charge is -2.43. The van der Waals surface area contributed by atoms with Crippen molar-refractivity contribution in [3.05, 3.63) is 59.2 Å². The van der Waals surface area contributed by atoms with E-state index in [1.54, 1.807) is 99.0 Å². The van der Waals surface area contributed by atoms with Crippen LogP contribution in [0.3, 0.4) is 0 Å². The highest BCUT2D eigenvalue weighted by atomic mass is 19.1. The Morgan fingerprint density at radius 2 is 0.835 bits per heavy atom. The number of carbonyl (C=O) groups excluding carboxylic acids is 7. The van der Waals surface area contributed by atoms with E-state index in [0.717, 1.165) is 70.5 Å². The molecule has 3 N–H and O–H groups in total. The number of halogens is 2. The Balaban J connectivity index is 0.000000302. The van der Waals surface area contributed by atoms with Crippen LogP contribution in [0.15, 0.2) is 36.4 Å². The first-order valence-corrected chi connectivity index (χ1v) is 29.7. The van der Waals surface area contributed by atoms with Gasteiger partial charge in [0.1, 0.15) is 51.0 Å². The third-order valence-corrected chi connectivity index (χ3v) is 14.2. The van der Waals surface area contributed by atoms with Crippen LogP contribution in [0, 0.1) is 11.6 Å². The minimum Gasteiger partial charge on any atom is -0.459 e. The SMILES string of the molecule is CC(C)(C)OC(=O)C(C(=O)OC(C)(C)C)c1cc(F)ccc1N.CC(C)(C)OC(=O)C(C(=O)OC(C)(C)C)c1cc(F)ccc1NC1CCN(C2(C)CCN(C(=O)OC(C)(C)C)C2)CC1.CC(C)(C)OC(=O)N1CCC(C)(N2CCC(=O)CC2)C1. The van der Waals surface area contributed by atoms with Crippen molar-refractivity contribution in [3.8, 4) is 0 Å². The first kappa shape index (κ1) is 71.4. The Morgan fingerprint density at radius 1 is 0.506 bits per heavy atom. The number of Topliss-reactive ketones (excluding diaryl/α,β-unsaturated/α-hetero) is 1. The fourth-order valence-corrected chi connectivity index (χ4v) is 10.3. The lowest BCUT2D eigenvalue weighted by Crippen LogP contribution is -2.53. The van der Waals surface area contributed by atoms with Crippen molar-refractivity contribution in [2.45, 2.75) is 240 Å². The van der Waals surface area contributed by atoms with Gasteiger partial charge in [-0.15, -0.1) is 0 Å². The number of nitrogens with one attached hydrogen (secondary N) is 1. The maximum Gasteiger partial charge on any atom is 0.410 e. The van der Waals surface area contributed by atoms with E-state index in [4.69, 9.17) is 34.2 Å². The third-order valence-electron chi connectivity index (χ3n) is 14.2. The average molecular weight is 1200 g/mol. The number of amides is 2.